The van der Waals surface area contributed by atoms with Crippen LogP contribution in [-0.2, 0) is 11.3 Å². The molecule has 2 rings (SSSR count). The van der Waals surface area contributed by atoms with Gasteiger partial charge in [-0.2, -0.15) is 0 Å². The number of carbonyl (C=O) groups excluding carboxylic acids is 1. The van der Waals surface area contributed by atoms with E-state index in [2.05, 4.69) is 15.6 Å². The van der Waals surface area contributed by atoms with Gasteiger partial charge in [-0.05, 0) is 38.8 Å². The lowest BCUT2D eigenvalue weighted by Gasteiger charge is -2.21. The predicted octanol–water partition coefficient (Wildman–Crippen LogP) is 0.454. The zero-order valence-electron chi connectivity index (χ0n) is 10.1. The third-order valence-electron chi connectivity index (χ3n) is 2.93. The van der Waals surface area contributed by atoms with Crippen LogP contribution in [0.4, 0.5) is 0 Å². The Hall–Kier alpha value is -1.43. The van der Waals surface area contributed by atoms with Crippen LogP contribution in [0.25, 0.3) is 0 Å². The van der Waals surface area contributed by atoms with Gasteiger partial charge in [0, 0.05) is 6.54 Å². The topological polar surface area (TPSA) is 69.0 Å². The fourth-order valence-corrected chi connectivity index (χ4v) is 2.02. The Morgan fingerprint density at radius 1 is 1.59 bits per heavy atom. The molecule has 0 aromatic carbocycles. The highest BCUT2D eigenvalue weighted by molar-refractivity contribution is 5.86. The van der Waals surface area contributed by atoms with Gasteiger partial charge >= 0.3 is 5.97 Å². The van der Waals surface area contributed by atoms with E-state index in [1.54, 1.807) is 17.8 Å². The first-order valence-corrected chi connectivity index (χ1v) is 6.07. The molecule has 6 nitrogen and oxygen atoms in total. The average Bonchev–Trinajstić information content (AvgIpc) is 2.79. The molecule has 2 heterocycles. The largest absolute Gasteiger partial charge is 0.461 e. The molecule has 1 aromatic rings. The molecule has 1 aliphatic rings. The zero-order chi connectivity index (χ0) is 12.1. The highest BCUT2D eigenvalue weighted by Crippen LogP contribution is 2.13. The first kappa shape index (κ1) is 12.0. The molecule has 0 aliphatic carbocycles. The summed E-state index contributed by atoms with van der Waals surface area (Å²) in [5, 5.41) is 11.1. The number of esters is 1. The maximum absolute atomic E-state index is 11.4. The van der Waals surface area contributed by atoms with Crippen molar-refractivity contribution in [2.24, 2.45) is 5.92 Å². The summed E-state index contributed by atoms with van der Waals surface area (Å²) in [6.07, 6.45) is 3.96. The minimum Gasteiger partial charge on any atom is -0.461 e. The number of piperidine rings is 1. The molecule has 17 heavy (non-hydrogen) atoms. The van der Waals surface area contributed by atoms with Crippen LogP contribution in [0, 0.1) is 5.92 Å². The normalized spacial score (nSPS) is 17.0. The monoisotopic (exact) mass is 238 g/mol. The van der Waals surface area contributed by atoms with E-state index in [0.29, 0.717) is 18.2 Å². The van der Waals surface area contributed by atoms with Gasteiger partial charge in [-0.1, -0.05) is 5.21 Å². The first-order valence-electron chi connectivity index (χ1n) is 6.07. The lowest BCUT2D eigenvalue weighted by Crippen LogP contribution is -2.30. The highest BCUT2D eigenvalue weighted by atomic mass is 16.5. The molecule has 0 bridgehead atoms. The van der Waals surface area contributed by atoms with Gasteiger partial charge in [-0.15, -0.1) is 5.10 Å². The summed E-state index contributed by atoms with van der Waals surface area (Å²) >= 11 is 0. The summed E-state index contributed by atoms with van der Waals surface area (Å²) in [7, 11) is 0. The van der Waals surface area contributed by atoms with Gasteiger partial charge in [-0.25, -0.2) is 4.79 Å². The molecule has 0 saturated carbocycles. The molecule has 1 aromatic heterocycles. The van der Waals surface area contributed by atoms with Crippen LogP contribution in [-0.4, -0.2) is 40.7 Å². The second kappa shape index (κ2) is 5.77. The van der Waals surface area contributed by atoms with Crippen LogP contribution < -0.4 is 5.32 Å². The molecule has 0 radical (unpaired) electrons. The van der Waals surface area contributed by atoms with Crippen LogP contribution >= 0.6 is 0 Å². The van der Waals surface area contributed by atoms with E-state index < -0.39 is 5.97 Å². The number of aromatic nitrogens is 3. The van der Waals surface area contributed by atoms with E-state index in [9.17, 15) is 4.79 Å². The van der Waals surface area contributed by atoms with Gasteiger partial charge in [-0.3, -0.25) is 4.68 Å². The molecule has 1 fully saturated rings. The number of ether oxygens (including phenoxy) is 1. The number of carbonyl (C=O) groups is 1. The van der Waals surface area contributed by atoms with E-state index in [1.807, 2.05) is 0 Å². The minimum atomic E-state index is -0.399. The molecule has 0 atom stereocenters. The van der Waals surface area contributed by atoms with Gasteiger partial charge in [0.15, 0.2) is 5.69 Å². The van der Waals surface area contributed by atoms with E-state index in [1.165, 1.54) is 0 Å². The van der Waals surface area contributed by atoms with Crippen molar-refractivity contribution in [3.05, 3.63) is 11.9 Å². The molecule has 6 heteroatoms. The molecular weight excluding hydrogens is 220 g/mol. The Morgan fingerprint density at radius 3 is 3.06 bits per heavy atom. The Bertz CT molecular complexity index is 371. The van der Waals surface area contributed by atoms with Crippen molar-refractivity contribution in [3.63, 3.8) is 0 Å². The quantitative estimate of drug-likeness (QED) is 0.771. The summed E-state index contributed by atoms with van der Waals surface area (Å²) in [5.41, 5.74) is 0.292. The summed E-state index contributed by atoms with van der Waals surface area (Å²) in [4.78, 5) is 11.4. The van der Waals surface area contributed by atoms with Crippen molar-refractivity contribution in [1.29, 1.82) is 0 Å². The standard InChI is InChI=1S/C11H18N4O2/c1-2-17-11(16)10-8-15(14-13-10)7-9-3-5-12-6-4-9/h8-9,12H,2-7H2,1H3. The van der Waals surface area contributed by atoms with Crippen molar-refractivity contribution in [3.8, 4) is 0 Å². The van der Waals surface area contributed by atoms with Crippen molar-refractivity contribution < 1.29 is 9.53 Å². The molecule has 0 unspecified atom stereocenters. The third kappa shape index (κ3) is 3.26. The van der Waals surface area contributed by atoms with Crippen LogP contribution in [0.1, 0.15) is 30.3 Å². The minimum absolute atomic E-state index is 0.292. The van der Waals surface area contributed by atoms with E-state index >= 15 is 0 Å². The number of rotatable bonds is 4. The van der Waals surface area contributed by atoms with E-state index in [-0.39, 0.29) is 0 Å². The summed E-state index contributed by atoms with van der Waals surface area (Å²) in [6.45, 7) is 5.08. The highest BCUT2D eigenvalue weighted by Gasteiger charge is 2.16. The molecule has 1 N–H and O–H groups in total. The number of hydrogen-bond donors (Lipinski definition) is 1. The van der Waals surface area contributed by atoms with Gasteiger partial charge < -0.3 is 10.1 Å². The lowest BCUT2D eigenvalue weighted by atomic mass is 9.98. The van der Waals surface area contributed by atoms with Crippen LogP contribution in [0.3, 0.4) is 0 Å². The van der Waals surface area contributed by atoms with Crippen LogP contribution in [0.2, 0.25) is 0 Å². The van der Waals surface area contributed by atoms with Crippen molar-refractivity contribution in [2.45, 2.75) is 26.3 Å². The summed E-state index contributed by atoms with van der Waals surface area (Å²) < 4.78 is 6.60. The van der Waals surface area contributed by atoms with Crippen molar-refractivity contribution >= 4 is 5.97 Å². The SMILES string of the molecule is CCOC(=O)c1cn(CC2CCNCC2)nn1. The molecule has 94 valence electrons. The predicted molar refractivity (Wildman–Crippen MR) is 61.6 cm³/mol. The van der Waals surface area contributed by atoms with Crippen LogP contribution in [0.5, 0.6) is 0 Å². The molecule has 0 spiro atoms. The van der Waals surface area contributed by atoms with Gasteiger partial charge in [0.25, 0.3) is 0 Å². The number of nitrogens with zero attached hydrogens (tertiary/aromatic N) is 3. The van der Waals surface area contributed by atoms with Crippen LogP contribution in [0.15, 0.2) is 6.20 Å². The van der Waals surface area contributed by atoms with Gasteiger partial charge in [0.2, 0.25) is 0 Å². The Labute approximate surface area is 100 Å². The number of hydrogen-bond acceptors (Lipinski definition) is 5. The first-order chi connectivity index (χ1) is 8.29. The third-order valence-corrected chi connectivity index (χ3v) is 2.93. The number of nitrogens with one attached hydrogen (secondary N) is 1. The zero-order valence-corrected chi connectivity index (χ0v) is 10.1. The Morgan fingerprint density at radius 2 is 2.35 bits per heavy atom. The van der Waals surface area contributed by atoms with Crippen molar-refractivity contribution in [2.75, 3.05) is 19.7 Å². The lowest BCUT2D eigenvalue weighted by molar-refractivity contribution is 0.0519. The fraction of sp³-hybridized carbons (Fsp3) is 0.727. The molecular formula is C11H18N4O2. The molecule has 1 aliphatic heterocycles. The Kier molecular flexibility index (Phi) is 4.08. The smallest absolute Gasteiger partial charge is 0.360 e. The van der Waals surface area contributed by atoms with E-state index in [4.69, 9.17) is 4.74 Å². The van der Waals surface area contributed by atoms with Gasteiger partial charge in [0.1, 0.15) is 0 Å². The molecule has 1 saturated heterocycles. The molecule has 0 amide bonds. The maximum Gasteiger partial charge on any atom is 0.360 e. The average molecular weight is 238 g/mol. The maximum atomic E-state index is 11.4. The van der Waals surface area contributed by atoms with Gasteiger partial charge in [0.05, 0.1) is 12.8 Å². The fourth-order valence-electron chi connectivity index (χ4n) is 2.02. The second-order valence-electron chi connectivity index (χ2n) is 4.24. The second-order valence-corrected chi connectivity index (χ2v) is 4.24. The van der Waals surface area contributed by atoms with Crippen molar-refractivity contribution in [1.82, 2.24) is 20.3 Å². The Balaban J connectivity index is 1.91. The van der Waals surface area contributed by atoms with E-state index in [0.717, 1.165) is 32.5 Å². The summed E-state index contributed by atoms with van der Waals surface area (Å²) in [5.74, 6) is 0.219. The summed E-state index contributed by atoms with van der Waals surface area (Å²) in [6, 6.07) is 0.